The number of ketones is 1. The quantitative estimate of drug-likeness (QED) is 0.0910. The molecule has 0 amide bonds. The molecule has 2 aliphatic rings. The molecular formula is C39H33N2O6S+. The van der Waals surface area contributed by atoms with Gasteiger partial charge in [-0.1, -0.05) is 67.3 Å². The molecule has 240 valence electrons. The van der Waals surface area contributed by atoms with Crippen molar-refractivity contribution in [3.8, 4) is 17.2 Å². The molecule has 0 fully saturated rings. The number of anilines is 1. The standard InChI is InChI=1S/C39H32N2O6S/c1-3-25-9-11-26(12-10-25)23-41-33-16-14-29(45-24-27-7-5-4-6-8-27)20-35(33)47-37(41)22-31-38(43)30(39(31)48)21-36-40(17-18-42)32-15-13-28(44-2)19-34(32)46-36/h3-16,19-22,42H,1,17-18,23-24H2,2H3/p+1. The predicted octanol–water partition coefficient (Wildman–Crippen LogP) is 6.88. The van der Waals surface area contributed by atoms with Crippen LogP contribution in [0.1, 0.15) is 22.6 Å². The summed E-state index contributed by atoms with van der Waals surface area (Å²) in [4.78, 5) is 15.9. The van der Waals surface area contributed by atoms with Crippen molar-refractivity contribution in [1.82, 2.24) is 0 Å². The second kappa shape index (κ2) is 13.3. The Kier molecular flexibility index (Phi) is 8.63. The summed E-state index contributed by atoms with van der Waals surface area (Å²) in [5, 5.41) is 9.73. The van der Waals surface area contributed by atoms with E-state index in [1.54, 1.807) is 25.3 Å². The maximum absolute atomic E-state index is 13.6. The summed E-state index contributed by atoms with van der Waals surface area (Å²) in [6.45, 7) is 4.99. The zero-order valence-corrected chi connectivity index (χ0v) is 27.2. The van der Waals surface area contributed by atoms with Crippen LogP contribution < -0.4 is 23.7 Å². The van der Waals surface area contributed by atoms with Gasteiger partial charge in [-0.25, -0.2) is 0 Å². The third kappa shape index (κ3) is 6.01. The van der Waals surface area contributed by atoms with E-state index in [2.05, 4.69) is 6.58 Å². The monoisotopic (exact) mass is 657 g/mol. The van der Waals surface area contributed by atoms with Crippen molar-refractivity contribution in [1.29, 1.82) is 0 Å². The third-order valence-electron chi connectivity index (χ3n) is 8.30. The summed E-state index contributed by atoms with van der Waals surface area (Å²) in [7, 11) is 1.58. The number of aliphatic hydroxyl groups is 1. The number of carbonyl (C=O) groups excluding carboxylic acids is 1. The first-order chi connectivity index (χ1) is 23.4. The van der Waals surface area contributed by atoms with Gasteiger partial charge in [-0.2, -0.15) is 4.57 Å². The van der Waals surface area contributed by atoms with Gasteiger partial charge in [0.1, 0.15) is 18.1 Å². The fourth-order valence-corrected chi connectivity index (χ4v) is 6.07. The molecule has 0 bridgehead atoms. The number of benzene rings is 4. The Hall–Kier alpha value is -5.51. The number of β-amino-alcohol motifs (C(OH)–C–C–N with tert-alkyl or cyclic N) is 1. The van der Waals surface area contributed by atoms with Crippen LogP contribution in [0.4, 0.5) is 5.69 Å². The summed E-state index contributed by atoms with van der Waals surface area (Å²) in [5.41, 5.74) is 6.23. The minimum Gasteiger partial charge on any atom is -0.497 e. The molecule has 0 unspecified atom stereocenters. The van der Waals surface area contributed by atoms with Crippen LogP contribution in [0.15, 0.2) is 130 Å². The molecule has 1 aromatic heterocycles. The van der Waals surface area contributed by atoms with E-state index in [4.69, 9.17) is 31.3 Å². The van der Waals surface area contributed by atoms with Gasteiger partial charge in [-0.15, -0.1) is 12.6 Å². The van der Waals surface area contributed by atoms with E-state index < -0.39 is 0 Å². The number of hydrogen-bond acceptors (Lipinski definition) is 8. The number of rotatable bonds is 11. The van der Waals surface area contributed by atoms with Crippen LogP contribution in [0, 0.1) is 0 Å². The number of nitrogens with zero attached hydrogens (tertiary/aromatic N) is 2. The van der Waals surface area contributed by atoms with Crippen molar-refractivity contribution in [3.05, 3.63) is 148 Å². The van der Waals surface area contributed by atoms with Crippen molar-refractivity contribution < 1.29 is 33.1 Å². The highest BCUT2D eigenvalue weighted by Gasteiger charge is 2.35. The van der Waals surface area contributed by atoms with Gasteiger partial charge in [0.2, 0.25) is 11.5 Å². The van der Waals surface area contributed by atoms with Crippen LogP contribution in [-0.4, -0.2) is 31.2 Å². The largest absolute Gasteiger partial charge is 0.497 e. The van der Waals surface area contributed by atoms with Crippen LogP contribution in [0.25, 0.3) is 23.3 Å². The topological polar surface area (TPSA) is 85.2 Å². The van der Waals surface area contributed by atoms with Crippen molar-refractivity contribution >= 4 is 47.4 Å². The van der Waals surface area contributed by atoms with E-state index in [1.807, 2.05) is 100 Å². The maximum atomic E-state index is 13.6. The van der Waals surface area contributed by atoms with Gasteiger partial charge in [0.05, 0.1) is 25.5 Å². The van der Waals surface area contributed by atoms with Gasteiger partial charge < -0.3 is 28.6 Å². The van der Waals surface area contributed by atoms with Crippen LogP contribution >= 0.6 is 12.6 Å². The van der Waals surface area contributed by atoms with Gasteiger partial charge >= 0.3 is 5.89 Å². The predicted molar refractivity (Wildman–Crippen MR) is 188 cm³/mol. The fourth-order valence-electron chi connectivity index (χ4n) is 5.74. The van der Waals surface area contributed by atoms with Gasteiger partial charge in [0.25, 0.3) is 5.52 Å². The van der Waals surface area contributed by atoms with E-state index >= 15 is 0 Å². The minimum absolute atomic E-state index is 0.0978. The SMILES string of the molecule is C=Cc1ccc(C[n+]2c(/C=C3/C(=O)C(/C=C4/Oc5cc(OC)ccc5N4CCO)=C3S)oc3cc(OCc4ccccc4)ccc32)cc1. The normalized spacial score (nSPS) is 15.6. The van der Waals surface area contributed by atoms with Crippen molar-refractivity contribution in [2.45, 2.75) is 13.2 Å². The molecule has 0 radical (unpaired) electrons. The van der Waals surface area contributed by atoms with Gasteiger partial charge in [-0.3, -0.25) is 4.79 Å². The second-order valence-electron chi connectivity index (χ2n) is 11.3. The molecule has 5 aromatic rings. The summed E-state index contributed by atoms with van der Waals surface area (Å²) in [5.74, 6) is 2.62. The Morgan fingerprint density at radius 3 is 2.48 bits per heavy atom. The summed E-state index contributed by atoms with van der Waals surface area (Å²) in [6, 6.07) is 29.3. The number of Topliss-reactive ketones (excluding diaryl/α,β-unsaturated/α-hetero) is 1. The molecule has 1 N–H and O–H groups in total. The molecule has 0 atom stereocenters. The maximum Gasteiger partial charge on any atom is 0.375 e. The lowest BCUT2D eigenvalue weighted by Gasteiger charge is -2.22. The summed E-state index contributed by atoms with van der Waals surface area (Å²) in [6.07, 6.45) is 5.20. The van der Waals surface area contributed by atoms with Gasteiger partial charge in [0.15, 0.2) is 18.1 Å². The smallest absolute Gasteiger partial charge is 0.375 e. The first kappa shape index (κ1) is 31.1. The molecule has 1 aliphatic heterocycles. The van der Waals surface area contributed by atoms with Gasteiger partial charge in [-0.05, 0) is 29.3 Å². The molecule has 0 saturated heterocycles. The van der Waals surface area contributed by atoms with E-state index in [-0.39, 0.29) is 12.4 Å². The molecule has 2 heterocycles. The number of oxazole rings is 1. The molecule has 4 aromatic carbocycles. The molecule has 48 heavy (non-hydrogen) atoms. The molecule has 7 rings (SSSR count). The van der Waals surface area contributed by atoms with E-state index in [0.717, 1.165) is 27.9 Å². The number of aliphatic hydroxyl groups excluding tert-OH is 1. The van der Waals surface area contributed by atoms with Gasteiger partial charge in [0, 0.05) is 52.4 Å². The molecule has 8 nitrogen and oxygen atoms in total. The second-order valence-corrected chi connectivity index (χ2v) is 11.8. The Labute approximate surface area is 283 Å². The highest BCUT2D eigenvalue weighted by Crippen LogP contribution is 2.43. The molecule has 0 saturated carbocycles. The number of thiol groups is 1. The first-order valence-electron chi connectivity index (χ1n) is 15.5. The highest BCUT2D eigenvalue weighted by molar-refractivity contribution is 7.85. The van der Waals surface area contributed by atoms with Crippen molar-refractivity contribution in [2.24, 2.45) is 0 Å². The molecular weight excluding hydrogens is 625 g/mol. The Morgan fingerprint density at radius 1 is 0.958 bits per heavy atom. The number of carbonyl (C=O) groups is 1. The average molecular weight is 658 g/mol. The first-order valence-corrected chi connectivity index (χ1v) is 15.9. The fraction of sp³-hybridized carbons (Fsp3) is 0.128. The van der Waals surface area contributed by atoms with Crippen LogP contribution in [0.3, 0.4) is 0 Å². The lowest BCUT2D eigenvalue weighted by molar-refractivity contribution is -0.669. The van der Waals surface area contributed by atoms with E-state index in [0.29, 0.717) is 70.4 Å². The lowest BCUT2D eigenvalue weighted by Crippen LogP contribution is -2.36. The number of allylic oxidation sites excluding steroid dienone is 3. The summed E-state index contributed by atoms with van der Waals surface area (Å²) < 4.78 is 25.9. The Balaban J connectivity index is 1.22. The molecule has 9 heteroatoms. The van der Waals surface area contributed by atoms with E-state index in [9.17, 15) is 9.90 Å². The number of fused-ring (bicyclic) bond motifs is 2. The average Bonchev–Trinajstić information content (AvgIpc) is 3.65. The van der Waals surface area contributed by atoms with E-state index in [1.165, 1.54) is 0 Å². The zero-order chi connectivity index (χ0) is 33.2. The minimum atomic E-state index is -0.192. The number of hydrogen-bond donors (Lipinski definition) is 2. The van der Waals surface area contributed by atoms with Crippen LogP contribution in [-0.2, 0) is 17.9 Å². The van der Waals surface area contributed by atoms with Crippen molar-refractivity contribution in [3.63, 3.8) is 0 Å². The number of methoxy groups -OCH3 is 1. The zero-order valence-electron chi connectivity index (χ0n) is 26.3. The summed E-state index contributed by atoms with van der Waals surface area (Å²) >= 11 is 4.73. The molecule has 1 aliphatic carbocycles. The van der Waals surface area contributed by atoms with Crippen LogP contribution in [0.5, 0.6) is 17.2 Å². The Bertz CT molecular complexity index is 2130. The Morgan fingerprint density at radius 2 is 1.75 bits per heavy atom. The van der Waals surface area contributed by atoms with Crippen LogP contribution in [0.2, 0.25) is 0 Å². The lowest BCUT2D eigenvalue weighted by atomic mass is 9.89. The highest BCUT2D eigenvalue weighted by atomic mass is 32.1. The third-order valence-corrected chi connectivity index (χ3v) is 8.79. The number of ether oxygens (including phenoxy) is 3. The number of aromatic nitrogens is 1. The van der Waals surface area contributed by atoms with Crippen molar-refractivity contribution in [2.75, 3.05) is 25.2 Å². The molecule has 0 spiro atoms.